The van der Waals surface area contributed by atoms with E-state index in [9.17, 15) is 4.79 Å². The first-order chi connectivity index (χ1) is 10.7. The SMILES string of the molecule is CC[C@H](NC(=O)c1cccc(OC)c1OC)c1ccccc1. The second-order valence-corrected chi connectivity index (χ2v) is 4.89. The quantitative estimate of drug-likeness (QED) is 0.887. The van der Waals surface area contributed by atoms with Crippen molar-refractivity contribution in [2.75, 3.05) is 14.2 Å². The number of para-hydroxylation sites is 1. The lowest BCUT2D eigenvalue weighted by Gasteiger charge is -2.19. The van der Waals surface area contributed by atoms with Crippen molar-refractivity contribution in [1.29, 1.82) is 0 Å². The molecule has 4 nitrogen and oxygen atoms in total. The van der Waals surface area contributed by atoms with Gasteiger partial charge in [-0.2, -0.15) is 0 Å². The highest BCUT2D eigenvalue weighted by atomic mass is 16.5. The molecule has 0 bridgehead atoms. The van der Waals surface area contributed by atoms with Crippen molar-refractivity contribution in [1.82, 2.24) is 5.32 Å². The van der Waals surface area contributed by atoms with Crippen LogP contribution in [0.3, 0.4) is 0 Å². The lowest BCUT2D eigenvalue weighted by Crippen LogP contribution is -2.28. The van der Waals surface area contributed by atoms with Gasteiger partial charge in [-0.3, -0.25) is 4.79 Å². The fraction of sp³-hybridized carbons (Fsp3) is 0.278. The van der Waals surface area contributed by atoms with E-state index in [2.05, 4.69) is 5.32 Å². The summed E-state index contributed by atoms with van der Waals surface area (Å²) in [6.45, 7) is 2.04. The average molecular weight is 299 g/mol. The summed E-state index contributed by atoms with van der Waals surface area (Å²) in [4.78, 5) is 12.6. The van der Waals surface area contributed by atoms with Gasteiger partial charge in [0.25, 0.3) is 5.91 Å². The summed E-state index contributed by atoms with van der Waals surface area (Å²) in [6, 6.07) is 15.2. The summed E-state index contributed by atoms with van der Waals surface area (Å²) >= 11 is 0. The third-order valence-corrected chi connectivity index (χ3v) is 3.56. The molecule has 0 saturated carbocycles. The highest BCUT2D eigenvalue weighted by Gasteiger charge is 2.19. The Hall–Kier alpha value is -2.49. The summed E-state index contributed by atoms with van der Waals surface area (Å²) in [5.74, 6) is 0.819. The molecule has 2 aromatic carbocycles. The number of amides is 1. The Kier molecular flexibility index (Phi) is 5.42. The average Bonchev–Trinajstić information content (AvgIpc) is 2.59. The van der Waals surface area contributed by atoms with Crippen LogP contribution in [0.4, 0.5) is 0 Å². The summed E-state index contributed by atoms with van der Waals surface area (Å²) in [6.07, 6.45) is 0.808. The Morgan fingerprint density at radius 1 is 1.05 bits per heavy atom. The topological polar surface area (TPSA) is 47.6 Å². The molecule has 1 atom stereocenters. The first-order valence-corrected chi connectivity index (χ1v) is 7.28. The van der Waals surface area contributed by atoms with Gasteiger partial charge in [0.05, 0.1) is 25.8 Å². The Morgan fingerprint density at radius 3 is 2.36 bits per heavy atom. The Labute approximate surface area is 131 Å². The Morgan fingerprint density at radius 2 is 1.77 bits per heavy atom. The van der Waals surface area contributed by atoms with Crippen LogP contribution < -0.4 is 14.8 Å². The molecule has 1 N–H and O–H groups in total. The number of hydrogen-bond donors (Lipinski definition) is 1. The van der Waals surface area contributed by atoms with Crippen LogP contribution in [0.1, 0.15) is 35.3 Å². The van der Waals surface area contributed by atoms with E-state index in [0.29, 0.717) is 17.1 Å². The van der Waals surface area contributed by atoms with Crippen LogP contribution in [0.2, 0.25) is 0 Å². The molecule has 116 valence electrons. The molecule has 4 heteroatoms. The third kappa shape index (κ3) is 3.39. The van der Waals surface area contributed by atoms with Crippen LogP contribution >= 0.6 is 0 Å². The first-order valence-electron chi connectivity index (χ1n) is 7.28. The smallest absolute Gasteiger partial charge is 0.255 e. The van der Waals surface area contributed by atoms with E-state index >= 15 is 0 Å². The van der Waals surface area contributed by atoms with Gasteiger partial charge in [-0.15, -0.1) is 0 Å². The van der Waals surface area contributed by atoms with Gasteiger partial charge in [-0.05, 0) is 24.1 Å². The van der Waals surface area contributed by atoms with Gasteiger partial charge in [0.2, 0.25) is 0 Å². The van der Waals surface area contributed by atoms with Crippen molar-refractivity contribution in [3.8, 4) is 11.5 Å². The van der Waals surface area contributed by atoms with E-state index in [0.717, 1.165) is 12.0 Å². The highest BCUT2D eigenvalue weighted by molar-refractivity contribution is 5.98. The van der Waals surface area contributed by atoms with Crippen LogP contribution in [-0.4, -0.2) is 20.1 Å². The lowest BCUT2D eigenvalue weighted by atomic mass is 10.0. The fourth-order valence-corrected chi connectivity index (χ4v) is 2.41. The van der Waals surface area contributed by atoms with Gasteiger partial charge in [-0.1, -0.05) is 43.3 Å². The monoisotopic (exact) mass is 299 g/mol. The molecule has 0 heterocycles. The molecule has 0 radical (unpaired) electrons. The van der Waals surface area contributed by atoms with Gasteiger partial charge in [0, 0.05) is 0 Å². The van der Waals surface area contributed by atoms with Gasteiger partial charge in [0.1, 0.15) is 0 Å². The van der Waals surface area contributed by atoms with Crippen molar-refractivity contribution in [3.05, 3.63) is 59.7 Å². The molecule has 0 aliphatic carbocycles. The van der Waals surface area contributed by atoms with Crippen LogP contribution in [0.5, 0.6) is 11.5 Å². The minimum Gasteiger partial charge on any atom is -0.493 e. The van der Waals surface area contributed by atoms with Crippen molar-refractivity contribution in [3.63, 3.8) is 0 Å². The van der Waals surface area contributed by atoms with E-state index in [4.69, 9.17) is 9.47 Å². The number of hydrogen-bond acceptors (Lipinski definition) is 3. The molecule has 0 saturated heterocycles. The molecule has 0 fully saturated rings. The Bertz CT molecular complexity index is 625. The third-order valence-electron chi connectivity index (χ3n) is 3.56. The van der Waals surface area contributed by atoms with E-state index in [1.807, 2.05) is 37.3 Å². The zero-order chi connectivity index (χ0) is 15.9. The van der Waals surface area contributed by atoms with Crippen molar-refractivity contribution >= 4 is 5.91 Å². The number of rotatable bonds is 6. The van der Waals surface area contributed by atoms with Crippen molar-refractivity contribution in [2.24, 2.45) is 0 Å². The zero-order valence-corrected chi connectivity index (χ0v) is 13.1. The van der Waals surface area contributed by atoms with E-state index in [1.165, 1.54) is 7.11 Å². The summed E-state index contributed by atoms with van der Waals surface area (Å²) in [7, 11) is 3.08. The first kappa shape index (κ1) is 15.9. The summed E-state index contributed by atoms with van der Waals surface area (Å²) < 4.78 is 10.6. The van der Waals surface area contributed by atoms with Crippen LogP contribution in [0, 0.1) is 0 Å². The number of nitrogens with one attached hydrogen (secondary N) is 1. The predicted octanol–water partition coefficient (Wildman–Crippen LogP) is 3.58. The maximum Gasteiger partial charge on any atom is 0.255 e. The maximum absolute atomic E-state index is 12.6. The summed E-state index contributed by atoms with van der Waals surface area (Å²) in [5, 5.41) is 3.05. The molecule has 2 rings (SSSR count). The molecular weight excluding hydrogens is 278 g/mol. The fourth-order valence-electron chi connectivity index (χ4n) is 2.41. The van der Waals surface area contributed by atoms with Crippen LogP contribution in [0.15, 0.2) is 48.5 Å². The standard InChI is InChI=1S/C18H21NO3/c1-4-15(13-9-6-5-7-10-13)19-18(20)14-11-8-12-16(21-2)17(14)22-3/h5-12,15H,4H2,1-3H3,(H,19,20)/t15-/m0/s1. The van der Waals surface area contributed by atoms with Crippen molar-refractivity contribution in [2.45, 2.75) is 19.4 Å². The summed E-state index contributed by atoms with van der Waals surface area (Å²) in [5.41, 5.74) is 1.55. The van der Waals surface area contributed by atoms with Gasteiger partial charge in [0.15, 0.2) is 11.5 Å². The highest BCUT2D eigenvalue weighted by Crippen LogP contribution is 2.31. The van der Waals surface area contributed by atoms with E-state index < -0.39 is 0 Å². The minimum absolute atomic E-state index is 0.0374. The largest absolute Gasteiger partial charge is 0.493 e. The van der Waals surface area contributed by atoms with Crippen LogP contribution in [0.25, 0.3) is 0 Å². The minimum atomic E-state index is -0.175. The van der Waals surface area contributed by atoms with E-state index in [-0.39, 0.29) is 11.9 Å². The molecule has 0 aromatic heterocycles. The van der Waals surface area contributed by atoms with Gasteiger partial charge in [-0.25, -0.2) is 0 Å². The number of carbonyl (C=O) groups excluding carboxylic acids is 1. The lowest BCUT2D eigenvalue weighted by molar-refractivity contribution is 0.0932. The molecule has 0 aliphatic heterocycles. The molecule has 2 aromatic rings. The normalized spacial score (nSPS) is 11.6. The second kappa shape index (κ2) is 7.50. The predicted molar refractivity (Wildman–Crippen MR) is 86.5 cm³/mol. The van der Waals surface area contributed by atoms with Gasteiger partial charge >= 0.3 is 0 Å². The Balaban J connectivity index is 2.25. The molecule has 1 amide bonds. The van der Waals surface area contributed by atoms with Crippen molar-refractivity contribution < 1.29 is 14.3 Å². The molecular formula is C18H21NO3. The number of benzene rings is 2. The molecule has 22 heavy (non-hydrogen) atoms. The number of carbonyl (C=O) groups is 1. The number of ether oxygens (including phenoxy) is 2. The zero-order valence-electron chi connectivity index (χ0n) is 13.1. The second-order valence-electron chi connectivity index (χ2n) is 4.89. The van der Waals surface area contributed by atoms with Crippen LogP contribution in [-0.2, 0) is 0 Å². The molecule has 0 aliphatic rings. The maximum atomic E-state index is 12.6. The van der Waals surface area contributed by atoms with Gasteiger partial charge < -0.3 is 14.8 Å². The van der Waals surface area contributed by atoms with E-state index in [1.54, 1.807) is 25.3 Å². The molecule has 0 unspecified atom stereocenters. The number of methoxy groups -OCH3 is 2. The molecule has 0 spiro atoms.